The van der Waals surface area contributed by atoms with Crippen LogP contribution in [0.4, 0.5) is 0 Å². The van der Waals surface area contributed by atoms with Crippen LogP contribution in [0.1, 0.15) is 29.3 Å². The lowest BCUT2D eigenvalue weighted by atomic mass is 10.2. The third-order valence-electron chi connectivity index (χ3n) is 3.56. The predicted octanol–water partition coefficient (Wildman–Crippen LogP) is 3.49. The number of nitrogens with one attached hydrogen (secondary N) is 1. The van der Waals surface area contributed by atoms with Crippen LogP contribution in [0.5, 0.6) is 0 Å². The van der Waals surface area contributed by atoms with Crippen molar-refractivity contribution in [2.75, 3.05) is 0 Å². The Morgan fingerprint density at radius 1 is 1.20 bits per heavy atom. The zero-order valence-corrected chi connectivity index (χ0v) is 12.9. The summed E-state index contributed by atoms with van der Waals surface area (Å²) in [6.45, 7) is 1.95. The van der Waals surface area contributed by atoms with Crippen molar-refractivity contribution in [3.8, 4) is 0 Å². The van der Waals surface area contributed by atoms with E-state index in [9.17, 15) is 8.42 Å². The zero-order valence-electron chi connectivity index (χ0n) is 11.2. The molecule has 1 fully saturated rings. The normalized spacial score (nSPS) is 17.1. The van der Waals surface area contributed by atoms with Gasteiger partial charge in [0.15, 0.2) is 0 Å². The largest absolute Gasteiger partial charge is 0.241 e. The average Bonchev–Trinajstić information content (AvgIpc) is 3.11. The Hall–Kier alpha value is -1.17. The maximum Gasteiger partial charge on any atom is 0.241 e. The third kappa shape index (κ3) is 2.95. The second-order valence-electron chi connectivity index (χ2n) is 5.26. The highest BCUT2D eigenvalue weighted by molar-refractivity contribution is 7.89. The van der Waals surface area contributed by atoms with Crippen LogP contribution in [0.15, 0.2) is 46.7 Å². The van der Waals surface area contributed by atoms with Crippen molar-refractivity contribution < 1.29 is 8.42 Å². The quantitative estimate of drug-likeness (QED) is 0.919. The molecule has 106 valence electrons. The summed E-state index contributed by atoms with van der Waals surface area (Å²) in [5.41, 5.74) is 1.06. The Morgan fingerprint density at radius 2 is 1.90 bits per heavy atom. The van der Waals surface area contributed by atoms with Crippen LogP contribution in [-0.2, 0) is 10.0 Å². The fourth-order valence-electron chi connectivity index (χ4n) is 2.24. The molecule has 1 saturated carbocycles. The number of rotatable bonds is 5. The number of aryl methyl sites for hydroxylation is 1. The molecule has 0 aliphatic heterocycles. The molecule has 0 spiro atoms. The van der Waals surface area contributed by atoms with Gasteiger partial charge in [-0.3, -0.25) is 0 Å². The molecule has 1 atom stereocenters. The molecule has 0 bridgehead atoms. The van der Waals surface area contributed by atoms with Crippen molar-refractivity contribution >= 4 is 21.4 Å². The minimum absolute atomic E-state index is 0.0821. The number of benzene rings is 1. The second kappa shape index (κ2) is 5.31. The molecule has 20 heavy (non-hydrogen) atoms. The Kier molecular flexibility index (Phi) is 3.67. The van der Waals surface area contributed by atoms with Crippen LogP contribution in [0.3, 0.4) is 0 Å². The van der Waals surface area contributed by atoms with Crippen molar-refractivity contribution in [2.45, 2.75) is 30.7 Å². The lowest BCUT2D eigenvalue weighted by Gasteiger charge is -2.17. The van der Waals surface area contributed by atoms with Crippen molar-refractivity contribution in [1.29, 1.82) is 0 Å². The van der Waals surface area contributed by atoms with Gasteiger partial charge < -0.3 is 0 Å². The van der Waals surface area contributed by atoms with Crippen LogP contribution in [-0.4, -0.2) is 8.42 Å². The number of hydrogen-bond acceptors (Lipinski definition) is 3. The van der Waals surface area contributed by atoms with Crippen molar-refractivity contribution in [1.82, 2.24) is 4.72 Å². The molecular formula is C15H17NO2S2. The molecule has 1 heterocycles. The monoisotopic (exact) mass is 307 g/mol. The van der Waals surface area contributed by atoms with E-state index in [-0.39, 0.29) is 6.04 Å². The van der Waals surface area contributed by atoms with E-state index in [1.165, 1.54) is 0 Å². The minimum atomic E-state index is -3.45. The average molecular weight is 307 g/mol. The van der Waals surface area contributed by atoms with E-state index in [4.69, 9.17) is 0 Å². The molecular weight excluding hydrogens is 290 g/mol. The van der Waals surface area contributed by atoms with E-state index >= 15 is 0 Å². The molecule has 1 aromatic carbocycles. The molecule has 1 N–H and O–H groups in total. The van der Waals surface area contributed by atoms with Gasteiger partial charge in [0.05, 0.1) is 10.9 Å². The van der Waals surface area contributed by atoms with E-state index in [1.807, 2.05) is 36.6 Å². The first-order chi connectivity index (χ1) is 9.56. The van der Waals surface area contributed by atoms with Gasteiger partial charge in [-0.2, -0.15) is 0 Å². The number of sulfonamides is 1. The topological polar surface area (TPSA) is 46.2 Å². The van der Waals surface area contributed by atoms with Gasteiger partial charge in [0.2, 0.25) is 10.0 Å². The summed E-state index contributed by atoms with van der Waals surface area (Å²) < 4.78 is 27.8. The van der Waals surface area contributed by atoms with Crippen molar-refractivity contribution in [3.05, 3.63) is 52.2 Å². The first kappa shape index (κ1) is 13.8. The van der Waals surface area contributed by atoms with Crippen molar-refractivity contribution in [3.63, 3.8) is 0 Å². The molecule has 1 unspecified atom stereocenters. The maximum absolute atomic E-state index is 12.5. The first-order valence-electron chi connectivity index (χ1n) is 6.69. The number of hydrogen-bond donors (Lipinski definition) is 1. The van der Waals surface area contributed by atoms with Gasteiger partial charge in [-0.05, 0) is 49.3 Å². The first-order valence-corrected chi connectivity index (χ1v) is 9.05. The molecule has 0 amide bonds. The Balaban J connectivity index is 1.86. The summed E-state index contributed by atoms with van der Waals surface area (Å²) in [5.74, 6) is 0.439. The van der Waals surface area contributed by atoms with Crippen LogP contribution < -0.4 is 4.72 Å². The molecule has 2 aromatic rings. The van der Waals surface area contributed by atoms with Gasteiger partial charge in [-0.15, -0.1) is 11.3 Å². The van der Waals surface area contributed by atoms with Crippen LogP contribution in [0.25, 0.3) is 0 Å². The van der Waals surface area contributed by atoms with Gasteiger partial charge in [0.25, 0.3) is 0 Å². The highest BCUT2D eigenvalue weighted by atomic mass is 32.2. The standard InChI is InChI=1S/C15H17NO2S2/c1-11-4-8-13(9-5-11)20(17,18)16-15(12-6-7-12)14-3-2-10-19-14/h2-5,8-10,12,15-16H,6-7H2,1H3. The van der Waals surface area contributed by atoms with E-state index < -0.39 is 10.0 Å². The molecule has 0 radical (unpaired) electrons. The summed E-state index contributed by atoms with van der Waals surface area (Å²) in [6.07, 6.45) is 2.19. The van der Waals surface area contributed by atoms with Gasteiger partial charge >= 0.3 is 0 Å². The SMILES string of the molecule is Cc1ccc(S(=O)(=O)NC(c2cccs2)C2CC2)cc1. The highest BCUT2D eigenvalue weighted by Gasteiger charge is 2.35. The fraction of sp³-hybridized carbons (Fsp3) is 0.333. The fourth-order valence-corrected chi connectivity index (χ4v) is 4.47. The van der Waals surface area contributed by atoms with E-state index in [0.717, 1.165) is 23.3 Å². The Labute approximate surface area is 123 Å². The van der Waals surface area contributed by atoms with Gasteiger partial charge in [-0.25, -0.2) is 13.1 Å². The third-order valence-corrected chi connectivity index (χ3v) is 5.97. The summed E-state index contributed by atoms with van der Waals surface area (Å²) in [7, 11) is -3.45. The highest BCUT2D eigenvalue weighted by Crippen LogP contribution is 2.43. The lowest BCUT2D eigenvalue weighted by Crippen LogP contribution is -2.29. The molecule has 1 aliphatic rings. The van der Waals surface area contributed by atoms with Crippen LogP contribution in [0, 0.1) is 12.8 Å². The molecule has 0 saturated heterocycles. The van der Waals surface area contributed by atoms with E-state index in [2.05, 4.69) is 4.72 Å². The van der Waals surface area contributed by atoms with Crippen LogP contribution in [0.2, 0.25) is 0 Å². The molecule has 3 rings (SSSR count). The van der Waals surface area contributed by atoms with E-state index in [0.29, 0.717) is 10.8 Å². The lowest BCUT2D eigenvalue weighted by molar-refractivity contribution is 0.533. The minimum Gasteiger partial charge on any atom is -0.207 e. The summed E-state index contributed by atoms with van der Waals surface area (Å²) in [4.78, 5) is 1.44. The zero-order chi connectivity index (χ0) is 14.2. The Morgan fingerprint density at radius 3 is 2.45 bits per heavy atom. The summed E-state index contributed by atoms with van der Waals surface area (Å²) in [5, 5.41) is 1.99. The smallest absolute Gasteiger partial charge is 0.207 e. The molecule has 5 heteroatoms. The predicted molar refractivity (Wildman–Crippen MR) is 81.3 cm³/mol. The van der Waals surface area contributed by atoms with E-state index in [1.54, 1.807) is 23.5 Å². The van der Waals surface area contributed by atoms with Crippen molar-refractivity contribution in [2.24, 2.45) is 5.92 Å². The summed E-state index contributed by atoms with van der Waals surface area (Å²) in [6, 6.07) is 10.9. The summed E-state index contributed by atoms with van der Waals surface area (Å²) >= 11 is 1.61. The van der Waals surface area contributed by atoms with Gasteiger partial charge in [0, 0.05) is 4.88 Å². The van der Waals surface area contributed by atoms with Crippen LogP contribution >= 0.6 is 11.3 Å². The molecule has 1 aromatic heterocycles. The molecule has 3 nitrogen and oxygen atoms in total. The molecule has 1 aliphatic carbocycles. The van der Waals surface area contributed by atoms with Gasteiger partial charge in [0.1, 0.15) is 0 Å². The second-order valence-corrected chi connectivity index (χ2v) is 7.96. The Bertz CT molecular complexity index is 671. The maximum atomic E-state index is 12.5. The van der Waals surface area contributed by atoms with Gasteiger partial charge in [-0.1, -0.05) is 23.8 Å². The number of thiophene rings is 1.